The van der Waals surface area contributed by atoms with Crippen molar-refractivity contribution in [3.05, 3.63) is 59.1 Å². The van der Waals surface area contributed by atoms with Crippen molar-refractivity contribution in [2.45, 2.75) is 0 Å². The zero-order valence-corrected chi connectivity index (χ0v) is 10.6. The van der Waals surface area contributed by atoms with Crippen LogP contribution in [-0.2, 0) is 0 Å². The summed E-state index contributed by atoms with van der Waals surface area (Å²) >= 11 is 5.83. The number of nitrogens with zero attached hydrogens (tertiary/aromatic N) is 1. The summed E-state index contributed by atoms with van der Waals surface area (Å²) in [7, 11) is 1.82. The van der Waals surface area contributed by atoms with Gasteiger partial charge in [-0.05, 0) is 36.4 Å². The number of aromatic carboxylic acids is 1. The number of hydrogen-bond donors (Lipinski definition) is 1. The van der Waals surface area contributed by atoms with Gasteiger partial charge in [-0.1, -0.05) is 23.7 Å². The molecule has 0 atom stereocenters. The molecule has 0 aromatic heterocycles. The maximum absolute atomic E-state index is 11.2. The molecule has 92 valence electrons. The Hall–Kier alpha value is -2.00. The Balaban J connectivity index is 2.42. The van der Waals surface area contributed by atoms with Crippen LogP contribution in [0.25, 0.3) is 0 Å². The molecule has 1 N–H and O–H groups in total. The summed E-state index contributed by atoms with van der Waals surface area (Å²) in [5, 5.41) is 9.81. The summed E-state index contributed by atoms with van der Waals surface area (Å²) in [5.41, 5.74) is 1.80. The van der Waals surface area contributed by atoms with E-state index in [0.29, 0.717) is 10.7 Å². The van der Waals surface area contributed by atoms with Crippen LogP contribution in [0.2, 0.25) is 5.02 Å². The molecule has 0 fully saturated rings. The Morgan fingerprint density at radius 3 is 2.33 bits per heavy atom. The van der Waals surface area contributed by atoms with Gasteiger partial charge >= 0.3 is 5.97 Å². The Kier molecular flexibility index (Phi) is 3.53. The highest BCUT2D eigenvalue weighted by Crippen LogP contribution is 2.27. The van der Waals surface area contributed by atoms with Crippen LogP contribution >= 0.6 is 11.6 Å². The lowest BCUT2D eigenvalue weighted by Crippen LogP contribution is -2.13. The predicted molar refractivity (Wildman–Crippen MR) is 72.9 cm³/mol. The molecule has 3 nitrogen and oxygen atoms in total. The topological polar surface area (TPSA) is 40.5 Å². The largest absolute Gasteiger partial charge is 0.478 e. The average Bonchev–Trinajstić information content (AvgIpc) is 2.39. The van der Waals surface area contributed by atoms with E-state index in [4.69, 9.17) is 16.7 Å². The molecule has 2 rings (SSSR count). The lowest BCUT2D eigenvalue weighted by atomic mass is 10.1. The normalized spacial score (nSPS) is 10.1. The summed E-state index contributed by atoms with van der Waals surface area (Å²) in [4.78, 5) is 13.0. The summed E-state index contributed by atoms with van der Waals surface area (Å²) in [5.74, 6) is -0.939. The molecule has 0 spiro atoms. The third-order valence-corrected chi connectivity index (χ3v) is 2.96. The van der Waals surface area contributed by atoms with Gasteiger partial charge in [0.05, 0.1) is 11.3 Å². The first-order chi connectivity index (χ1) is 8.59. The SMILES string of the molecule is CN(c1ccc(Cl)cc1)c1ccccc1C(=O)O. The molecule has 2 aromatic rings. The first-order valence-corrected chi connectivity index (χ1v) is 5.79. The fourth-order valence-electron chi connectivity index (χ4n) is 1.75. The molecule has 2 aromatic carbocycles. The summed E-state index contributed by atoms with van der Waals surface area (Å²) < 4.78 is 0. The van der Waals surface area contributed by atoms with Crippen LogP contribution in [0.5, 0.6) is 0 Å². The van der Waals surface area contributed by atoms with Gasteiger partial charge in [0.15, 0.2) is 0 Å². The van der Waals surface area contributed by atoms with Crippen molar-refractivity contribution in [1.29, 1.82) is 0 Å². The number of carbonyl (C=O) groups is 1. The maximum atomic E-state index is 11.2. The molecule has 4 heteroatoms. The van der Waals surface area contributed by atoms with Crippen LogP contribution in [0, 0.1) is 0 Å². The van der Waals surface area contributed by atoms with E-state index in [1.54, 1.807) is 30.3 Å². The van der Waals surface area contributed by atoms with E-state index in [1.807, 2.05) is 30.1 Å². The van der Waals surface area contributed by atoms with Gasteiger partial charge in [0.25, 0.3) is 0 Å². The first-order valence-electron chi connectivity index (χ1n) is 5.41. The number of para-hydroxylation sites is 1. The highest BCUT2D eigenvalue weighted by Gasteiger charge is 2.13. The standard InChI is InChI=1S/C14H12ClNO2/c1-16(11-8-6-10(15)7-9-11)13-5-3-2-4-12(13)14(17)18/h2-9H,1H3,(H,17,18). The molecule has 0 aliphatic rings. The van der Waals surface area contributed by atoms with Crippen molar-refractivity contribution in [2.24, 2.45) is 0 Å². The molecule has 0 heterocycles. The van der Waals surface area contributed by atoms with Crippen molar-refractivity contribution in [3.8, 4) is 0 Å². The van der Waals surface area contributed by atoms with Crippen molar-refractivity contribution in [3.63, 3.8) is 0 Å². The molecule has 0 aliphatic carbocycles. The summed E-state index contributed by atoms with van der Waals surface area (Å²) in [6.07, 6.45) is 0. The Bertz CT molecular complexity index is 566. The van der Waals surface area contributed by atoms with E-state index in [9.17, 15) is 4.79 Å². The minimum absolute atomic E-state index is 0.273. The Morgan fingerprint density at radius 2 is 1.72 bits per heavy atom. The number of anilines is 2. The second-order valence-corrected chi connectivity index (χ2v) is 4.29. The monoisotopic (exact) mass is 261 g/mol. The van der Waals surface area contributed by atoms with Gasteiger partial charge in [0, 0.05) is 17.8 Å². The third kappa shape index (κ3) is 2.46. The van der Waals surface area contributed by atoms with E-state index in [-0.39, 0.29) is 5.56 Å². The smallest absolute Gasteiger partial charge is 0.337 e. The number of carboxylic acid groups (broad SMARTS) is 1. The molecule has 0 bridgehead atoms. The van der Waals surface area contributed by atoms with E-state index >= 15 is 0 Å². The molecule has 0 saturated heterocycles. The van der Waals surface area contributed by atoms with Gasteiger partial charge in [-0.25, -0.2) is 4.79 Å². The minimum atomic E-state index is -0.939. The first kappa shape index (κ1) is 12.5. The van der Waals surface area contributed by atoms with E-state index in [0.717, 1.165) is 5.69 Å². The summed E-state index contributed by atoms with van der Waals surface area (Å²) in [6.45, 7) is 0. The Labute approximate surface area is 110 Å². The van der Waals surface area contributed by atoms with E-state index in [2.05, 4.69) is 0 Å². The number of carboxylic acids is 1. The lowest BCUT2D eigenvalue weighted by molar-refractivity contribution is 0.0697. The second kappa shape index (κ2) is 5.10. The molecule has 0 unspecified atom stereocenters. The number of hydrogen-bond acceptors (Lipinski definition) is 2. The highest BCUT2D eigenvalue weighted by atomic mass is 35.5. The van der Waals surface area contributed by atoms with Gasteiger partial charge in [0.1, 0.15) is 0 Å². The average molecular weight is 262 g/mol. The van der Waals surface area contributed by atoms with Gasteiger partial charge in [-0.3, -0.25) is 0 Å². The van der Waals surface area contributed by atoms with Crippen LogP contribution in [0.1, 0.15) is 10.4 Å². The number of halogens is 1. The molecule has 0 aliphatic heterocycles. The van der Waals surface area contributed by atoms with Crippen molar-refractivity contribution in [1.82, 2.24) is 0 Å². The van der Waals surface area contributed by atoms with E-state index < -0.39 is 5.97 Å². The quantitative estimate of drug-likeness (QED) is 0.913. The van der Waals surface area contributed by atoms with Crippen LogP contribution in [0.3, 0.4) is 0 Å². The predicted octanol–water partition coefficient (Wildman–Crippen LogP) is 3.81. The molecule has 18 heavy (non-hydrogen) atoms. The third-order valence-electron chi connectivity index (χ3n) is 2.71. The highest BCUT2D eigenvalue weighted by molar-refractivity contribution is 6.30. The minimum Gasteiger partial charge on any atom is -0.478 e. The summed E-state index contributed by atoms with van der Waals surface area (Å²) in [6, 6.07) is 14.1. The second-order valence-electron chi connectivity index (χ2n) is 3.86. The number of benzene rings is 2. The van der Waals surface area contributed by atoms with E-state index in [1.165, 1.54) is 0 Å². The van der Waals surface area contributed by atoms with Gasteiger partial charge in [-0.2, -0.15) is 0 Å². The number of rotatable bonds is 3. The fourth-order valence-corrected chi connectivity index (χ4v) is 1.88. The van der Waals surface area contributed by atoms with Gasteiger partial charge in [0.2, 0.25) is 0 Å². The van der Waals surface area contributed by atoms with Gasteiger partial charge in [-0.15, -0.1) is 0 Å². The maximum Gasteiger partial charge on any atom is 0.337 e. The molecular weight excluding hydrogens is 250 g/mol. The van der Waals surface area contributed by atoms with Crippen LogP contribution < -0.4 is 4.90 Å². The zero-order chi connectivity index (χ0) is 13.1. The van der Waals surface area contributed by atoms with Gasteiger partial charge < -0.3 is 10.0 Å². The van der Waals surface area contributed by atoms with Crippen molar-refractivity contribution < 1.29 is 9.90 Å². The Morgan fingerprint density at radius 1 is 1.11 bits per heavy atom. The fraction of sp³-hybridized carbons (Fsp3) is 0.0714. The zero-order valence-electron chi connectivity index (χ0n) is 9.80. The van der Waals surface area contributed by atoms with Crippen LogP contribution in [-0.4, -0.2) is 18.1 Å². The molecular formula is C14H12ClNO2. The lowest BCUT2D eigenvalue weighted by Gasteiger charge is -2.21. The van der Waals surface area contributed by atoms with Crippen LogP contribution in [0.15, 0.2) is 48.5 Å². The van der Waals surface area contributed by atoms with Crippen LogP contribution in [0.4, 0.5) is 11.4 Å². The molecule has 0 radical (unpaired) electrons. The van der Waals surface area contributed by atoms with Crippen molar-refractivity contribution in [2.75, 3.05) is 11.9 Å². The molecule has 0 amide bonds. The van der Waals surface area contributed by atoms with Crippen molar-refractivity contribution >= 4 is 28.9 Å². The molecule has 0 saturated carbocycles.